The molecule has 0 aromatic heterocycles. The first-order chi connectivity index (χ1) is 3.15. The number of hydrogen-bond acceptors (Lipinski definition) is 5. The van der Waals surface area contributed by atoms with Crippen LogP contribution in [0.1, 0.15) is 0 Å². The van der Waals surface area contributed by atoms with Gasteiger partial charge in [0.1, 0.15) is 0 Å². The van der Waals surface area contributed by atoms with E-state index in [9.17, 15) is 0 Å². The Morgan fingerprint density at radius 3 is 1.57 bits per heavy atom. The second kappa shape index (κ2) is 9.23. The Morgan fingerprint density at radius 2 is 1.57 bits per heavy atom. The third-order valence-corrected chi connectivity index (χ3v) is 0. The molecule has 0 aliphatic carbocycles. The van der Waals surface area contributed by atoms with E-state index in [4.69, 9.17) is 22.7 Å². The van der Waals surface area contributed by atoms with Gasteiger partial charge in [-0.05, 0) is 4.20 Å². The van der Waals surface area contributed by atoms with Gasteiger partial charge in [-0.2, -0.15) is 0 Å². The van der Waals surface area contributed by atoms with E-state index >= 15 is 0 Å². The Morgan fingerprint density at radius 1 is 1.57 bits per heavy atom. The average molecular weight is 176 g/mol. The molecule has 0 aliphatic heterocycles. The summed E-state index contributed by atoms with van der Waals surface area (Å²) in [4.78, 5) is 8.11. The molecule has 0 bridgehead atoms. The van der Waals surface area contributed by atoms with E-state index in [1.807, 2.05) is 0 Å². The summed E-state index contributed by atoms with van der Waals surface area (Å²) in [6.07, 6.45) is 0. The minimum atomic E-state index is -3.40. The summed E-state index contributed by atoms with van der Waals surface area (Å²) in [5.74, 6) is 0. The molecule has 0 rings (SSSR count). The van der Waals surface area contributed by atoms with Gasteiger partial charge >= 0.3 is 14.8 Å². The van der Waals surface area contributed by atoms with Crippen molar-refractivity contribution in [3.8, 4) is 0 Å². The van der Waals surface area contributed by atoms with Crippen molar-refractivity contribution in [2.75, 3.05) is 0 Å². The first kappa shape index (κ1) is 9.90. The van der Waals surface area contributed by atoms with Gasteiger partial charge < -0.3 is 13.6 Å². The lowest BCUT2D eigenvalue weighted by atomic mass is 13.4. The number of rotatable bonds is 0. The van der Waals surface area contributed by atoms with Gasteiger partial charge in [0.15, 0.2) is 5.34 Å². The fourth-order valence-corrected chi connectivity index (χ4v) is 0. The van der Waals surface area contributed by atoms with Crippen LogP contribution in [0.5, 0.6) is 0 Å². The molecule has 7 heavy (non-hydrogen) atoms. The maximum Gasteiger partial charge on any atom is 0.433 e. The van der Waals surface area contributed by atoms with Crippen molar-refractivity contribution >= 4 is 0 Å². The largest absolute Gasteiger partial charge is 0.433 e. The SMILES string of the molecule is O=NO.[O-][Br+2]([O-])O. The zero-order chi connectivity index (χ0) is 6.28. The number of halogens is 1. The van der Waals surface area contributed by atoms with Gasteiger partial charge in [-0.1, -0.05) is 0 Å². The Balaban J connectivity index is 0. The normalized spacial score (nSPS) is 6.86. The van der Waals surface area contributed by atoms with Gasteiger partial charge in [-0.15, -0.1) is 4.91 Å². The van der Waals surface area contributed by atoms with Crippen molar-refractivity contribution in [2.45, 2.75) is 0 Å². The van der Waals surface area contributed by atoms with Crippen LogP contribution in [0.15, 0.2) is 5.34 Å². The van der Waals surface area contributed by atoms with Crippen molar-refractivity contribution in [3.63, 3.8) is 0 Å². The fraction of sp³-hybridized carbons (Fsp3) is 0. The molecule has 0 saturated heterocycles. The van der Waals surface area contributed by atoms with Crippen LogP contribution in [-0.2, 0) is 0 Å². The van der Waals surface area contributed by atoms with Gasteiger partial charge in [0.05, 0.1) is 0 Å². The van der Waals surface area contributed by atoms with E-state index < -0.39 is 14.8 Å². The Kier molecular flexibility index (Phi) is 13.1. The molecule has 0 unspecified atom stereocenters. The second-order valence-corrected chi connectivity index (χ2v) is 1.13. The minimum absolute atomic E-state index is 1.25. The lowest BCUT2D eigenvalue weighted by molar-refractivity contribution is -1.63. The summed E-state index contributed by atoms with van der Waals surface area (Å²) in [7, 11) is 0. The molecule has 2 N–H and O–H groups in total. The molecular formula is H2BrNO5. The van der Waals surface area contributed by atoms with Crippen LogP contribution in [0.3, 0.4) is 0 Å². The Hall–Kier alpha value is -0.240. The van der Waals surface area contributed by atoms with E-state index in [0.717, 1.165) is 0 Å². The predicted octanol–water partition coefficient (Wildman–Crippen LogP) is -2.79. The molecule has 0 radical (unpaired) electrons. The number of nitrogens with zero attached hydrogens (tertiary/aromatic N) is 1. The lowest BCUT2D eigenvalue weighted by Gasteiger charge is -1.69. The molecule has 0 heterocycles. The van der Waals surface area contributed by atoms with Crippen LogP contribution in [0.25, 0.3) is 0 Å². The first-order valence-electron chi connectivity index (χ1n) is 0.860. The molecule has 0 aromatic carbocycles. The maximum absolute atomic E-state index is 8.63. The van der Waals surface area contributed by atoms with E-state index in [-0.39, 0.29) is 0 Å². The monoisotopic (exact) mass is 175 g/mol. The molecule has 7 heteroatoms. The van der Waals surface area contributed by atoms with Crippen molar-refractivity contribution < 1.29 is 32.6 Å². The zero-order valence-corrected chi connectivity index (χ0v) is 4.53. The van der Waals surface area contributed by atoms with Crippen molar-refractivity contribution in [1.82, 2.24) is 0 Å². The standard InChI is InChI=1S/BrHO3.HNO2/c2-1(3)4;2-1-3/h2H;(H,2,3). The topological polar surface area (TPSA) is 116 Å². The Bertz CT molecular complexity index is 32.3. The highest BCUT2D eigenvalue weighted by atomic mass is 80.0. The molecule has 44 valence electrons. The maximum atomic E-state index is 8.63. The van der Waals surface area contributed by atoms with Gasteiger partial charge in [-0.3, -0.25) is 0 Å². The molecule has 0 aromatic rings. The molecule has 0 spiro atoms. The van der Waals surface area contributed by atoms with Crippen molar-refractivity contribution in [2.24, 2.45) is 5.34 Å². The molecule has 0 saturated carbocycles. The van der Waals surface area contributed by atoms with Crippen LogP contribution in [0.4, 0.5) is 0 Å². The molecular weight excluding hydrogens is 174 g/mol. The fourth-order valence-electron chi connectivity index (χ4n) is 0. The van der Waals surface area contributed by atoms with Crippen LogP contribution in [0, 0.1) is 19.7 Å². The van der Waals surface area contributed by atoms with Gasteiger partial charge in [0.25, 0.3) is 0 Å². The first-order valence-corrected chi connectivity index (χ1v) is 2.86. The number of hydrogen-bond donors (Lipinski definition) is 2. The highest BCUT2D eigenvalue weighted by molar-refractivity contribution is 3.83. The highest BCUT2D eigenvalue weighted by Crippen LogP contribution is 1.38. The summed E-state index contributed by atoms with van der Waals surface area (Å²) >= 11 is -3.40. The van der Waals surface area contributed by atoms with Crippen molar-refractivity contribution in [1.29, 1.82) is 0 Å². The summed E-state index contributed by atoms with van der Waals surface area (Å²) in [5.41, 5.74) is 0. The third-order valence-electron chi connectivity index (χ3n) is 0. The lowest BCUT2D eigenvalue weighted by Crippen LogP contribution is -2.30. The molecule has 0 aliphatic rings. The zero-order valence-electron chi connectivity index (χ0n) is 2.94. The quantitative estimate of drug-likeness (QED) is 0.305. The average Bonchev–Trinajstić information content (AvgIpc) is 1.33. The summed E-state index contributed by atoms with van der Waals surface area (Å²) in [5, 5.41) is 7.89. The highest BCUT2D eigenvalue weighted by Gasteiger charge is 1.86. The minimum Gasteiger partial charge on any atom is -0.379 e. The molecule has 0 fully saturated rings. The smallest absolute Gasteiger partial charge is 0.379 e. The van der Waals surface area contributed by atoms with E-state index in [1.54, 1.807) is 0 Å². The Labute approximate surface area is 43.8 Å². The van der Waals surface area contributed by atoms with Crippen LogP contribution >= 0.6 is 0 Å². The van der Waals surface area contributed by atoms with Gasteiger partial charge in [0, 0.05) is 0 Å². The summed E-state index contributed by atoms with van der Waals surface area (Å²) in [6, 6.07) is 0. The van der Waals surface area contributed by atoms with Crippen molar-refractivity contribution in [3.05, 3.63) is 4.91 Å². The summed E-state index contributed by atoms with van der Waals surface area (Å²) in [6.45, 7) is 0. The van der Waals surface area contributed by atoms with E-state index in [1.165, 1.54) is 5.34 Å². The molecule has 6 nitrogen and oxygen atoms in total. The summed E-state index contributed by atoms with van der Waals surface area (Å²) < 4.78 is 24.3. The van der Waals surface area contributed by atoms with Crippen LogP contribution in [0.2, 0.25) is 0 Å². The van der Waals surface area contributed by atoms with Crippen LogP contribution < -0.4 is 8.40 Å². The predicted molar refractivity (Wildman–Crippen MR) is 9.80 cm³/mol. The van der Waals surface area contributed by atoms with Gasteiger partial charge in [0.2, 0.25) is 0 Å². The van der Waals surface area contributed by atoms with Gasteiger partial charge in [-0.25, -0.2) is 0 Å². The third kappa shape index (κ3) is 1410. The van der Waals surface area contributed by atoms with E-state index in [2.05, 4.69) is 0 Å². The van der Waals surface area contributed by atoms with Crippen LogP contribution in [-0.4, -0.2) is 9.41 Å². The second-order valence-electron chi connectivity index (χ2n) is 0.283. The molecule has 0 amide bonds. The molecule has 0 atom stereocenters. The van der Waals surface area contributed by atoms with E-state index in [0.29, 0.717) is 0 Å².